The first-order valence-corrected chi connectivity index (χ1v) is 10.9. The minimum Gasteiger partial charge on any atom is -0.396 e. The van der Waals surface area contributed by atoms with Gasteiger partial charge in [0.1, 0.15) is 5.82 Å². The van der Waals surface area contributed by atoms with E-state index in [0.29, 0.717) is 25.2 Å². The SMILES string of the molecule is Cc1cc(C)c(N2CCN(C(=O)c3ccc([C@@H]4C(=O)NCC4CO)cc3)CC2)nc1C. The average Bonchev–Trinajstić information content (AvgIpc) is 3.16. The van der Waals surface area contributed by atoms with Crippen molar-refractivity contribution >= 4 is 17.6 Å². The van der Waals surface area contributed by atoms with E-state index in [1.165, 1.54) is 5.56 Å². The highest BCUT2D eigenvalue weighted by molar-refractivity contribution is 5.94. The number of aryl methyl sites for hydroxylation is 3. The van der Waals surface area contributed by atoms with Crippen LogP contribution in [0.2, 0.25) is 0 Å². The van der Waals surface area contributed by atoms with Gasteiger partial charge in [0.2, 0.25) is 5.91 Å². The highest BCUT2D eigenvalue weighted by Crippen LogP contribution is 2.29. The molecule has 31 heavy (non-hydrogen) atoms. The number of carbonyl (C=O) groups excluding carboxylic acids is 2. The topological polar surface area (TPSA) is 85.8 Å². The molecule has 2 saturated heterocycles. The van der Waals surface area contributed by atoms with E-state index in [0.717, 1.165) is 35.7 Å². The summed E-state index contributed by atoms with van der Waals surface area (Å²) in [5.41, 5.74) is 4.86. The summed E-state index contributed by atoms with van der Waals surface area (Å²) in [7, 11) is 0. The van der Waals surface area contributed by atoms with Crippen molar-refractivity contribution in [2.75, 3.05) is 44.2 Å². The number of nitrogens with one attached hydrogen (secondary N) is 1. The molecule has 2 N–H and O–H groups in total. The Hall–Kier alpha value is -2.93. The van der Waals surface area contributed by atoms with E-state index in [2.05, 4.69) is 30.1 Å². The Morgan fingerprint density at radius 3 is 2.42 bits per heavy atom. The van der Waals surface area contributed by atoms with Crippen LogP contribution in [0.15, 0.2) is 30.3 Å². The van der Waals surface area contributed by atoms with Crippen molar-refractivity contribution in [1.29, 1.82) is 0 Å². The van der Waals surface area contributed by atoms with E-state index >= 15 is 0 Å². The molecule has 2 aliphatic heterocycles. The van der Waals surface area contributed by atoms with Crippen LogP contribution in [0.1, 0.15) is 38.7 Å². The molecule has 7 nitrogen and oxygen atoms in total. The average molecular weight is 423 g/mol. The monoisotopic (exact) mass is 422 g/mol. The molecule has 1 aromatic heterocycles. The van der Waals surface area contributed by atoms with Gasteiger partial charge in [-0.2, -0.15) is 0 Å². The van der Waals surface area contributed by atoms with Gasteiger partial charge in [-0.15, -0.1) is 0 Å². The lowest BCUT2D eigenvalue weighted by Gasteiger charge is -2.36. The Bertz CT molecular complexity index is 981. The molecule has 0 saturated carbocycles. The lowest BCUT2D eigenvalue weighted by molar-refractivity contribution is -0.120. The van der Waals surface area contributed by atoms with E-state index in [4.69, 9.17) is 4.98 Å². The highest BCUT2D eigenvalue weighted by atomic mass is 16.3. The summed E-state index contributed by atoms with van der Waals surface area (Å²) < 4.78 is 0. The molecule has 2 aromatic rings. The number of amides is 2. The number of aliphatic hydroxyl groups is 1. The van der Waals surface area contributed by atoms with Crippen LogP contribution in [0, 0.1) is 26.7 Å². The van der Waals surface area contributed by atoms with Crippen molar-refractivity contribution in [3.8, 4) is 0 Å². The number of piperazine rings is 1. The summed E-state index contributed by atoms with van der Waals surface area (Å²) >= 11 is 0. The van der Waals surface area contributed by atoms with Crippen LogP contribution < -0.4 is 10.2 Å². The van der Waals surface area contributed by atoms with Crippen LogP contribution >= 0.6 is 0 Å². The Morgan fingerprint density at radius 1 is 1.10 bits per heavy atom. The predicted octanol–water partition coefficient (Wildman–Crippen LogP) is 1.79. The second-order valence-corrected chi connectivity index (χ2v) is 8.60. The minimum atomic E-state index is -0.355. The molecule has 2 fully saturated rings. The van der Waals surface area contributed by atoms with E-state index < -0.39 is 0 Å². The first-order valence-electron chi connectivity index (χ1n) is 10.9. The number of carbonyl (C=O) groups is 2. The van der Waals surface area contributed by atoms with Gasteiger partial charge in [-0.25, -0.2) is 4.98 Å². The molecule has 0 bridgehead atoms. The van der Waals surface area contributed by atoms with Crippen LogP contribution in [-0.4, -0.2) is 66.1 Å². The fourth-order valence-electron chi connectivity index (χ4n) is 4.55. The van der Waals surface area contributed by atoms with Crippen molar-refractivity contribution in [2.24, 2.45) is 5.92 Å². The van der Waals surface area contributed by atoms with Crippen LogP contribution in [0.3, 0.4) is 0 Å². The van der Waals surface area contributed by atoms with Crippen LogP contribution in [0.4, 0.5) is 5.82 Å². The number of hydrogen-bond donors (Lipinski definition) is 2. The number of aliphatic hydroxyl groups excluding tert-OH is 1. The zero-order chi connectivity index (χ0) is 22.1. The van der Waals surface area contributed by atoms with Gasteiger partial charge in [0.05, 0.1) is 5.92 Å². The van der Waals surface area contributed by atoms with Gasteiger partial charge in [0.25, 0.3) is 5.91 Å². The van der Waals surface area contributed by atoms with Crippen molar-refractivity contribution in [1.82, 2.24) is 15.2 Å². The second-order valence-electron chi connectivity index (χ2n) is 8.60. The summed E-state index contributed by atoms with van der Waals surface area (Å²) in [5, 5.41) is 12.3. The zero-order valence-corrected chi connectivity index (χ0v) is 18.4. The molecule has 1 aromatic carbocycles. The minimum absolute atomic E-state index is 0.00514. The molecule has 0 spiro atoms. The standard InChI is InChI=1S/C24H30N4O3/c1-15-12-16(2)22(26-17(15)3)27-8-10-28(11-9-27)24(31)19-6-4-18(5-7-19)21-20(14-29)13-25-23(21)30/h4-7,12,20-21,29H,8-11,13-14H2,1-3H3,(H,25,30)/t20?,21-/m0/s1. The molecule has 3 heterocycles. The van der Waals surface area contributed by atoms with E-state index in [-0.39, 0.29) is 30.3 Å². The number of benzene rings is 1. The molecular formula is C24H30N4O3. The van der Waals surface area contributed by atoms with Crippen molar-refractivity contribution in [2.45, 2.75) is 26.7 Å². The zero-order valence-electron chi connectivity index (χ0n) is 18.4. The number of anilines is 1. The molecule has 2 atom stereocenters. The summed E-state index contributed by atoms with van der Waals surface area (Å²) in [5.74, 6) is 0.471. The van der Waals surface area contributed by atoms with Gasteiger partial charge in [-0.1, -0.05) is 18.2 Å². The quantitative estimate of drug-likeness (QED) is 0.785. The molecule has 2 amide bonds. The fraction of sp³-hybridized carbons (Fsp3) is 0.458. The third-order valence-electron chi connectivity index (χ3n) is 6.54. The summed E-state index contributed by atoms with van der Waals surface area (Å²) in [6.07, 6.45) is 0. The van der Waals surface area contributed by atoms with Crippen molar-refractivity contribution in [3.63, 3.8) is 0 Å². The van der Waals surface area contributed by atoms with Crippen LogP contribution in [0.25, 0.3) is 0 Å². The fourth-order valence-corrected chi connectivity index (χ4v) is 4.55. The normalized spacial score (nSPS) is 21.4. The molecular weight excluding hydrogens is 392 g/mol. The Labute approximate surface area is 183 Å². The summed E-state index contributed by atoms with van der Waals surface area (Å²) in [6.45, 7) is 9.42. The molecule has 2 aliphatic rings. The predicted molar refractivity (Wildman–Crippen MR) is 119 cm³/mol. The lowest BCUT2D eigenvalue weighted by Crippen LogP contribution is -2.49. The third-order valence-corrected chi connectivity index (χ3v) is 6.54. The van der Waals surface area contributed by atoms with Gasteiger partial charge in [-0.3, -0.25) is 9.59 Å². The highest BCUT2D eigenvalue weighted by Gasteiger charge is 2.35. The van der Waals surface area contributed by atoms with Gasteiger partial charge >= 0.3 is 0 Å². The van der Waals surface area contributed by atoms with E-state index in [1.54, 1.807) is 12.1 Å². The number of aromatic nitrogens is 1. The Morgan fingerprint density at radius 2 is 1.77 bits per heavy atom. The number of pyridine rings is 1. The van der Waals surface area contributed by atoms with Crippen LogP contribution in [0.5, 0.6) is 0 Å². The number of nitrogens with zero attached hydrogens (tertiary/aromatic N) is 3. The smallest absolute Gasteiger partial charge is 0.253 e. The molecule has 0 aliphatic carbocycles. The molecule has 0 radical (unpaired) electrons. The maximum absolute atomic E-state index is 13.0. The first-order chi connectivity index (χ1) is 14.9. The molecule has 4 rings (SSSR count). The lowest BCUT2D eigenvalue weighted by atomic mass is 9.88. The maximum atomic E-state index is 13.0. The van der Waals surface area contributed by atoms with Crippen molar-refractivity contribution < 1.29 is 14.7 Å². The Balaban J connectivity index is 1.41. The van der Waals surface area contributed by atoms with E-state index in [1.807, 2.05) is 24.0 Å². The molecule has 1 unspecified atom stereocenters. The Kier molecular flexibility index (Phi) is 5.96. The maximum Gasteiger partial charge on any atom is 0.253 e. The van der Waals surface area contributed by atoms with Gasteiger partial charge in [-0.05, 0) is 49.6 Å². The number of rotatable bonds is 4. The molecule has 164 valence electrons. The molecule has 7 heteroatoms. The second kappa shape index (κ2) is 8.67. The van der Waals surface area contributed by atoms with Gasteiger partial charge < -0.3 is 20.2 Å². The largest absolute Gasteiger partial charge is 0.396 e. The summed E-state index contributed by atoms with van der Waals surface area (Å²) in [4.78, 5) is 34.0. The van der Waals surface area contributed by atoms with Gasteiger partial charge in [0, 0.05) is 56.5 Å². The van der Waals surface area contributed by atoms with E-state index in [9.17, 15) is 14.7 Å². The van der Waals surface area contributed by atoms with Crippen LogP contribution in [-0.2, 0) is 4.79 Å². The number of hydrogen-bond acceptors (Lipinski definition) is 5. The van der Waals surface area contributed by atoms with Gasteiger partial charge in [0.15, 0.2) is 0 Å². The van der Waals surface area contributed by atoms with Crippen molar-refractivity contribution in [3.05, 3.63) is 58.3 Å². The first kappa shape index (κ1) is 21.3. The summed E-state index contributed by atoms with van der Waals surface area (Å²) in [6, 6.07) is 9.43. The third kappa shape index (κ3) is 4.14.